The van der Waals surface area contributed by atoms with Gasteiger partial charge in [-0.2, -0.15) is 4.31 Å². The van der Waals surface area contributed by atoms with E-state index in [0.29, 0.717) is 25.2 Å². The number of rotatable bonds is 3. The molecule has 1 aromatic carbocycles. The molecule has 3 N–H and O–H groups in total. The second kappa shape index (κ2) is 5.35. The number of hydrogen-bond acceptors (Lipinski definition) is 4. The number of nitrogen functional groups attached to an aromatic ring is 1. The van der Waals surface area contributed by atoms with Crippen molar-refractivity contribution in [3.63, 3.8) is 0 Å². The fourth-order valence-corrected chi connectivity index (χ4v) is 4.47. The lowest BCUT2D eigenvalue weighted by molar-refractivity contribution is 0.133. The number of sulfonamides is 1. The minimum absolute atomic E-state index is 0.00670. The Morgan fingerprint density at radius 2 is 2.05 bits per heavy atom. The van der Waals surface area contributed by atoms with Crippen molar-refractivity contribution in [1.82, 2.24) is 4.31 Å². The Balaban J connectivity index is 2.37. The maximum absolute atomic E-state index is 12.7. The van der Waals surface area contributed by atoms with Gasteiger partial charge in [-0.15, -0.1) is 0 Å². The van der Waals surface area contributed by atoms with Crippen molar-refractivity contribution in [3.8, 4) is 0 Å². The maximum atomic E-state index is 12.7. The number of hydrogen-bond donors (Lipinski definition) is 2. The average molecular weight is 298 g/mol. The largest absolute Gasteiger partial charge is 0.399 e. The average Bonchev–Trinajstić information content (AvgIpc) is 2.83. The van der Waals surface area contributed by atoms with E-state index >= 15 is 0 Å². The first-order chi connectivity index (χ1) is 9.23. The first-order valence-electron chi connectivity index (χ1n) is 6.78. The molecule has 1 aliphatic heterocycles. The molecule has 0 aliphatic carbocycles. The number of aliphatic hydroxyl groups excluding tert-OH is 1. The van der Waals surface area contributed by atoms with Crippen molar-refractivity contribution in [1.29, 1.82) is 0 Å². The van der Waals surface area contributed by atoms with Crippen molar-refractivity contribution in [2.75, 3.05) is 18.8 Å². The minimum Gasteiger partial charge on any atom is -0.399 e. The lowest BCUT2D eigenvalue weighted by Crippen LogP contribution is -2.31. The quantitative estimate of drug-likeness (QED) is 0.823. The van der Waals surface area contributed by atoms with Gasteiger partial charge in [-0.25, -0.2) is 8.42 Å². The Labute approximate surface area is 120 Å². The molecule has 112 valence electrons. The molecule has 5 nitrogen and oxygen atoms in total. The van der Waals surface area contributed by atoms with E-state index in [1.54, 1.807) is 19.9 Å². The van der Waals surface area contributed by atoms with Crippen LogP contribution in [0.3, 0.4) is 0 Å². The molecule has 0 radical (unpaired) electrons. The predicted octanol–water partition coefficient (Wildman–Crippen LogP) is 1.28. The third-order valence-electron chi connectivity index (χ3n) is 4.13. The van der Waals surface area contributed by atoms with Gasteiger partial charge in [0.05, 0.1) is 11.0 Å². The van der Waals surface area contributed by atoms with Crippen molar-refractivity contribution < 1.29 is 13.5 Å². The molecule has 6 heteroatoms. The first-order valence-corrected chi connectivity index (χ1v) is 8.22. The van der Waals surface area contributed by atoms with Crippen LogP contribution in [0.5, 0.6) is 0 Å². The summed E-state index contributed by atoms with van der Waals surface area (Å²) in [4.78, 5) is 0.279. The highest BCUT2D eigenvalue weighted by Crippen LogP contribution is 2.30. The molecule has 0 spiro atoms. The van der Waals surface area contributed by atoms with E-state index in [0.717, 1.165) is 11.1 Å². The summed E-state index contributed by atoms with van der Waals surface area (Å²) >= 11 is 0. The van der Waals surface area contributed by atoms with Crippen LogP contribution in [0.1, 0.15) is 24.5 Å². The second-order valence-corrected chi connectivity index (χ2v) is 7.52. The van der Waals surface area contributed by atoms with Crippen molar-refractivity contribution in [3.05, 3.63) is 23.3 Å². The highest BCUT2D eigenvalue weighted by molar-refractivity contribution is 7.89. The fraction of sp³-hybridized carbons (Fsp3) is 0.571. The zero-order valence-electron chi connectivity index (χ0n) is 12.1. The summed E-state index contributed by atoms with van der Waals surface area (Å²) in [7, 11) is -3.54. The third kappa shape index (κ3) is 2.68. The molecule has 2 unspecified atom stereocenters. The molecular weight excluding hydrogens is 276 g/mol. The Kier molecular flexibility index (Phi) is 4.09. The van der Waals surface area contributed by atoms with Gasteiger partial charge in [0.2, 0.25) is 10.0 Å². The summed E-state index contributed by atoms with van der Waals surface area (Å²) in [5.74, 6) is 0.00670. The molecule has 1 aliphatic rings. The van der Waals surface area contributed by atoms with Crippen LogP contribution in [0.15, 0.2) is 17.0 Å². The second-order valence-electron chi connectivity index (χ2n) is 5.61. The van der Waals surface area contributed by atoms with Crippen LogP contribution in [0, 0.1) is 19.8 Å². The van der Waals surface area contributed by atoms with E-state index in [2.05, 4.69) is 0 Å². The molecule has 1 heterocycles. The van der Waals surface area contributed by atoms with Crippen LogP contribution in [0.2, 0.25) is 0 Å². The number of nitrogens with zero attached hydrogens (tertiary/aromatic N) is 1. The monoisotopic (exact) mass is 298 g/mol. The molecule has 2 atom stereocenters. The van der Waals surface area contributed by atoms with Gasteiger partial charge in [0.1, 0.15) is 0 Å². The van der Waals surface area contributed by atoms with E-state index in [1.165, 1.54) is 10.4 Å². The minimum atomic E-state index is -3.54. The predicted molar refractivity (Wildman–Crippen MR) is 78.9 cm³/mol. The van der Waals surface area contributed by atoms with Gasteiger partial charge in [-0.1, -0.05) is 0 Å². The van der Waals surface area contributed by atoms with Crippen LogP contribution < -0.4 is 5.73 Å². The summed E-state index contributed by atoms with van der Waals surface area (Å²) in [6, 6.07) is 3.30. The Morgan fingerprint density at radius 3 is 2.60 bits per heavy atom. The van der Waals surface area contributed by atoms with Crippen molar-refractivity contribution in [2.45, 2.75) is 38.2 Å². The van der Waals surface area contributed by atoms with Crippen LogP contribution in [0.4, 0.5) is 5.69 Å². The Bertz CT molecular complexity index is 611. The van der Waals surface area contributed by atoms with Gasteiger partial charge in [0.25, 0.3) is 0 Å². The number of anilines is 1. The lowest BCUT2D eigenvalue weighted by Gasteiger charge is -2.20. The number of nitrogens with two attached hydrogens (primary N) is 1. The summed E-state index contributed by atoms with van der Waals surface area (Å²) < 4.78 is 26.9. The van der Waals surface area contributed by atoms with E-state index in [-0.39, 0.29) is 10.8 Å². The first kappa shape index (κ1) is 15.3. The Hall–Kier alpha value is -1.11. The van der Waals surface area contributed by atoms with E-state index in [1.807, 2.05) is 6.92 Å². The van der Waals surface area contributed by atoms with Gasteiger partial charge in [0, 0.05) is 18.8 Å². The van der Waals surface area contributed by atoms with Crippen LogP contribution in [-0.2, 0) is 10.0 Å². The Morgan fingerprint density at radius 1 is 1.40 bits per heavy atom. The molecule has 2 rings (SSSR count). The molecule has 20 heavy (non-hydrogen) atoms. The van der Waals surface area contributed by atoms with Gasteiger partial charge >= 0.3 is 0 Å². The molecule has 0 amide bonds. The third-order valence-corrected chi connectivity index (χ3v) is 6.12. The summed E-state index contributed by atoms with van der Waals surface area (Å²) in [6.07, 6.45) is 0.205. The van der Waals surface area contributed by atoms with Crippen LogP contribution in [0.25, 0.3) is 0 Å². The molecule has 1 saturated heterocycles. The van der Waals surface area contributed by atoms with Crippen molar-refractivity contribution in [2.24, 2.45) is 5.92 Å². The molecule has 0 saturated carbocycles. The van der Waals surface area contributed by atoms with Gasteiger partial charge in [-0.3, -0.25) is 0 Å². The zero-order chi connectivity index (χ0) is 15.1. The van der Waals surface area contributed by atoms with Crippen molar-refractivity contribution >= 4 is 15.7 Å². The fourth-order valence-electron chi connectivity index (χ4n) is 2.63. The summed E-state index contributed by atoms with van der Waals surface area (Å²) in [5, 5.41) is 9.61. The molecule has 1 fully saturated rings. The van der Waals surface area contributed by atoms with E-state index in [9.17, 15) is 13.5 Å². The number of benzene rings is 1. The SMILES string of the molecule is Cc1cc(N)cc(S(=O)(=O)N2CCC(C(C)O)C2)c1C. The maximum Gasteiger partial charge on any atom is 0.243 e. The molecule has 0 bridgehead atoms. The molecular formula is C14H22N2O3S. The molecule has 1 aromatic rings. The smallest absolute Gasteiger partial charge is 0.243 e. The summed E-state index contributed by atoms with van der Waals surface area (Å²) in [5.41, 5.74) is 7.84. The van der Waals surface area contributed by atoms with Gasteiger partial charge in [0.15, 0.2) is 0 Å². The lowest BCUT2D eigenvalue weighted by atomic mass is 10.0. The van der Waals surface area contributed by atoms with Gasteiger partial charge < -0.3 is 10.8 Å². The van der Waals surface area contributed by atoms with E-state index in [4.69, 9.17) is 5.73 Å². The van der Waals surface area contributed by atoms with Crippen LogP contribution >= 0.6 is 0 Å². The number of aliphatic hydroxyl groups is 1. The normalized spacial score (nSPS) is 22.1. The highest BCUT2D eigenvalue weighted by atomic mass is 32.2. The van der Waals surface area contributed by atoms with Crippen LogP contribution in [-0.4, -0.2) is 37.0 Å². The molecule has 0 aromatic heterocycles. The number of aryl methyl sites for hydroxylation is 1. The van der Waals surface area contributed by atoms with Gasteiger partial charge in [-0.05, 0) is 56.4 Å². The topological polar surface area (TPSA) is 83.6 Å². The standard InChI is InChI=1S/C14H22N2O3S/c1-9-6-13(15)7-14(10(9)2)20(18,19)16-5-4-12(8-16)11(3)17/h6-7,11-12,17H,4-5,8,15H2,1-3H3. The highest BCUT2D eigenvalue weighted by Gasteiger charge is 2.35. The zero-order valence-corrected chi connectivity index (χ0v) is 12.9. The summed E-state index contributed by atoms with van der Waals surface area (Å²) in [6.45, 7) is 6.17. The van der Waals surface area contributed by atoms with E-state index < -0.39 is 16.1 Å².